The van der Waals surface area contributed by atoms with Crippen LogP contribution in [0.3, 0.4) is 0 Å². The number of nitriles is 1. The summed E-state index contributed by atoms with van der Waals surface area (Å²) in [6.45, 7) is 3.87. The van der Waals surface area contributed by atoms with E-state index in [1.807, 2.05) is 11.8 Å². The zero-order valence-electron chi connectivity index (χ0n) is 8.50. The Morgan fingerprint density at radius 3 is 2.80 bits per heavy atom. The lowest BCUT2D eigenvalue weighted by Gasteiger charge is -2.16. The fourth-order valence-corrected chi connectivity index (χ4v) is 1.70. The highest BCUT2D eigenvalue weighted by Gasteiger charge is 2.05. The van der Waals surface area contributed by atoms with E-state index < -0.39 is 0 Å². The van der Waals surface area contributed by atoms with Gasteiger partial charge in [0.2, 0.25) is 0 Å². The summed E-state index contributed by atoms with van der Waals surface area (Å²) in [5.74, 6) is -0.262. The Labute approximate surface area is 97.4 Å². The molecular weight excluding hydrogens is 259 g/mol. The summed E-state index contributed by atoms with van der Waals surface area (Å²) in [6.07, 6.45) is 0. The monoisotopic (exact) mass is 270 g/mol. The van der Waals surface area contributed by atoms with E-state index in [-0.39, 0.29) is 5.82 Å². The molecule has 0 aliphatic heterocycles. The molecule has 0 spiro atoms. The summed E-state index contributed by atoms with van der Waals surface area (Å²) in [4.78, 5) is 1.99. The molecule has 0 N–H and O–H groups in total. The summed E-state index contributed by atoms with van der Waals surface area (Å²) in [7, 11) is 0. The van der Waals surface area contributed by atoms with Crippen LogP contribution in [0.4, 0.5) is 4.39 Å². The van der Waals surface area contributed by atoms with Gasteiger partial charge < -0.3 is 0 Å². The van der Waals surface area contributed by atoms with E-state index >= 15 is 0 Å². The maximum atomic E-state index is 13.0. The Kier molecular flexibility index (Phi) is 4.73. The van der Waals surface area contributed by atoms with Gasteiger partial charge in [0.1, 0.15) is 5.82 Å². The van der Waals surface area contributed by atoms with Crippen molar-refractivity contribution in [2.75, 3.05) is 13.1 Å². The highest BCUT2D eigenvalue weighted by atomic mass is 79.9. The molecule has 1 rings (SSSR count). The van der Waals surface area contributed by atoms with E-state index in [4.69, 9.17) is 5.26 Å². The van der Waals surface area contributed by atoms with Crippen LogP contribution in [0.1, 0.15) is 12.5 Å². The standard InChI is InChI=1S/C11H12BrFN2/c1-2-15(6-5-14)8-9-3-4-11(13)10(12)7-9/h3-4,7H,2,6,8H2,1H3. The highest BCUT2D eigenvalue weighted by molar-refractivity contribution is 9.10. The molecule has 0 saturated heterocycles. The lowest BCUT2D eigenvalue weighted by atomic mass is 10.2. The van der Waals surface area contributed by atoms with Crippen LogP contribution < -0.4 is 0 Å². The molecule has 0 heterocycles. The second-order valence-corrected chi connectivity index (χ2v) is 4.06. The third-order valence-corrected chi connectivity index (χ3v) is 2.74. The van der Waals surface area contributed by atoms with Crippen LogP contribution in [0.25, 0.3) is 0 Å². The van der Waals surface area contributed by atoms with E-state index in [2.05, 4.69) is 22.0 Å². The molecular formula is C11H12BrFN2. The van der Waals surface area contributed by atoms with E-state index in [1.54, 1.807) is 12.1 Å². The van der Waals surface area contributed by atoms with Gasteiger partial charge in [-0.2, -0.15) is 5.26 Å². The fourth-order valence-electron chi connectivity index (χ4n) is 1.28. The van der Waals surface area contributed by atoms with Crippen LogP contribution in [-0.4, -0.2) is 18.0 Å². The van der Waals surface area contributed by atoms with Crippen LogP contribution >= 0.6 is 15.9 Å². The largest absolute Gasteiger partial charge is 0.287 e. The first-order valence-electron chi connectivity index (χ1n) is 4.70. The van der Waals surface area contributed by atoms with E-state index in [0.29, 0.717) is 17.6 Å². The molecule has 0 fully saturated rings. The van der Waals surface area contributed by atoms with Crippen molar-refractivity contribution in [1.82, 2.24) is 4.90 Å². The molecule has 0 amide bonds. The van der Waals surface area contributed by atoms with Gasteiger partial charge in [0.25, 0.3) is 0 Å². The first-order valence-corrected chi connectivity index (χ1v) is 5.50. The number of benzene rings is 1. The summed E-state index contributed by atoms with van der Waals surface area (Å²) in [6, 6.07) is 7.02. The zero-order chi connectivity index (χ0) is 11.3. The van der Waals surface area contributed by atoms with E-state index in [9.17, 15) is 4.39 Å². The minimum absolute atomic E-state index is 0.262. The molecule has 0 bridgehead atoms. The fraction of sp³-hybridized carbons (Fsp3) is 0.364. The SMILES string of the molecule is CCN(CC#N)Cc1ccc(F)c(Br)c1. The summed E-state index contributed by atoms with van der Waals surface area (Å²) in [5, 5.41) is 8.58. The molecule has 4 heteroatoms. The lowest BCUT2D eigenvalue weighted by Crippen LogP contribution is -2.22. The number of hydrogen-bond acceptors (Lipinski definition) is 2. The molecule has 80 valence electrons. The molecule has 0 saturated carbocycles. The van der Waals surface area contributed by atoms with Crippen molar-refractivity contribution >= 4 is 15.9 Å². The van der Waals surface area contributed by atoms with Crippen molar-refractivity contribution in [2.45, 2.75) is 13.5 Å². The summed E-state index contributed by atoms with van der Waals surface area (Å²) < 4.78 is 13.4. The Hall–Kier alpha value is -0.920. The third-order valence-electron chi connectivity index (χ3n) is 2.13. The molecule has 0 aromatic heterocycles. The van der Waals surface area contributed by atoms with Gasteiger partial charge >= 0.3 is 0 Å². The Morgan fingerprint density at radius 2 is 2.27 bits per heavy atom. The third kappa shape index (κ3) is 3.61. The van der Waals surface area contributed by atoms with E-state index in [0.717, 1.165) is 12.1 Å². The number of halogens is 2. The van der Waals surface area contributed by atoms with Gasteiger partial charge in [-0.25, -0.2) is 4.39 Å². The molecule has 1 aromatic rings. The summed E-state index contributed by atoms with van der Waals surface area (Å²) >= 11 is 3.14. The predicted molar refractivity (Wildman–Crippen MR) is 60.7 cm³/mol. The van der Waals surface area contributed by atoms with Crippen LogP contribution in [0, 0.1) is 17.1 Å². The molecule has 15 heavy (non-hydrogen) atoms. The number of nitrogens with zero attached hydrogens (tertiary/aromatic N) is 2. The molecule has 0 radical (unpaired) electrons. The summed E-state index contributed by atoms with van der Waals surface area (Å²) in [5.41, 5.74) is 1.00. The average molecular weight is 271 g/mol. The molecule has 0 unspecified atom stereocenters. The maximum Gasteiger partial charge on any atom is 0.137 e. The van der Waals surface area contributed by atoms with Crippen LogP contribution in [0.5, 0.6) is 0 Å². The van der Waals surface area contributed by atoms with Crippen molar-refractivity contribution in [2.24, 2.45) is 0 Å². The maximum absolute atomic E-state index is 13.0. The van der Waals surface area contributed by atoms with E-state index in [1.165, 1.54) is 6.07 Å². The van der Waals surface area contributed by atoms with Gasteiger partial charge in [-0.1, -0.05) is 13.0 Å². The van der Waals surface area contributed by atoms with Crippen LogP contribution in [0.15, 0.2) is 22.7 Å². The second-order valence-electron chi connectivity index (χ2n) is 3.21. The number of hydrogen-bond donors (Lipinski definition) is 0. The van der Waals surface area contributed by atoms with Crippen molar-refractivity contribution in [3.8, 4) is 6.07 Å². The predicted octanol–water partition coefficient (Wildman–Crippen LogP) is 2.93. The van der Waals surface area contributed by atoms with Crippen molar-refractivity contribution in [3.05, 3.63) is 34.1 Å². The molecule has 0 atom stereocenters. The first-order chi connectivity index (χ1) is 7.17. The lowest BCUT2D eigenvalue weighted by molar-refractivity contribution is 0.314. The highest BCUT2D eigenvalue weighted by Crippen LogP contribution is 2.17. The van der Waals surface area contributed by atoms with Crippen molar-refractivity contribution in [1.29, 1.82) is 5.26 Å². The molecule has 1 aromatic carbocycles. The van der Waals surface area contributed by atoms with Gasteiger partial charge in [-0.3, -0.25) is 4.90 Å². The van der Waals surface area contributed by atoms with Crippen LogP contribution in [0.2, 0.25) is 0 Å². The van der Waals surface area contributed by atoms with Crippen LogP contribution in [-0.2, 0) is 6.54 Å². The Bertz CT molecular complexity index is 373. The second kappa shape index (κ2) is 5.84. The van der Waals surface area contributed by atoms with Gasteiger partial charge in [0.15, 0.2) is 0 Å². The first kappa shape index (κ1) is 12.2. The molecule has 0 aliphatic rings. The molecule has 0 aliphatic carbocycles. The van der Waals surface area contributed by atoms with Gasteiger partial charge in [0.05, 0.1) is 17.1 Å². The average Bonchev–Trinajstić information content (AvgIpc) is 2.23. The van der Waals surface area contributed by atoms with Gasteiger partial charge in [0, 0.05) is 6.54 Å². The zero-order valence-corrected chi connectivity index (χ0v) is 10.1. The quantitative estimate of drug-likeness (QED) is 0.787. The van der Waals surface area contributed by atoms with Gasteiger partial charge in [-0.05, 0) is 40.2 Å². The Balaban J connectivity index is 2.71. The normalized spacial score (nSPS) is 10.3. The number of rotatable bonds is 4. The van der Waals surface area contributed by atoms with Crippen molar-refractivity contribution < 1.29 is 4.39 Å². The topological polar surface area (TPSA) is 27.0 Å². The Morgan fingerprint density at radius 1 is 1.53 bits per heavy atom. The molecule has 2 nitrogen and oxygen atoms in total. The smallest absolute Gasteiger partial charge is 0.137 e. The van der Waals surface area contributed by atoms with Gasteiger partial charge in [-0.15, -0.1) is 0 Å². The van der Waals surface area contributed by atoms with Crippen molar-refractivity contribution in [3.63, 3.8) is 0 Å². The minimum Gasteiger partial charge on any atom is -0.287 e. The minimum atomic E-state index is -0.262.